The van der Waals surface area contributed by atoms with Gasteiger partial charge in [-0.1, -0.05) is 17.7 Å². The van der Waals surface area contributed by atoms with Crippen LogP contribution < -0.4 is 10.6 Å². The Morgan fingerprint density at radius 3 is 2.65 bits per heavy atom. The number of aryl methyl sites for hydroxylation is 2. The molecule has 9 heteroatoms. The number of nitro groups is 1. The number of benzene rings is 1. The van der Waals surface area contributed by atoms with E-state index in [2.05, 4.69) is 25.6 Å². The van der Waals surface area contributed by atoms with Crippen molar-refractivity contribution in [2.45, 2.75) is 19.9 Å². The van der Waals surface area contributed by atoms with Crippen molar-refractivity contribution in [2.24, 2.45) is 0 Å². The average Bonchev–Trinajstić information content (AvgIpc) is 3.14. The molecule has 3 aromatic rings. The van der Waals surface area contributed by atoms with Crippen molar-refractivity contribution in [3.8, 4) is 0 Å². The first-order chi connectivity index (χ1) is 12.6. The Morgan fingerprint density at radius 1 is 1.19 bits per heavy atom. The van der Waals surface area contributed by atoms with Gasteiger partial charge < -0.3 is 15.2 Å². The second kappa shape index (κ2) is 8.06. The van der Waals surface area contributed by atoms with Crippen LogP contribution in [-0.2, 0) is 6.54 Å². The zero-order chi connectivity index (χ0) is 18.4. The largest absolute Gasteiger partial charge is 0.364 e. The summed E-state index contributed by atoms with van der Waals surface area (Å²) in [5.74, 6) is 0.358. The van der Waals surface area contributed by atoms with Gasteiger partial charge in [0.25, 0.3) is 0 Å². The van der Waals surface area contributed by atoms with Gasteiger partial charge in [-0.3, -0.25) is 10.1 Å². The Kier molecular flexibility index (Phi) is 5.37. The summed E-state index contributed by atoms with van der Waals surface area (Å²) >= 11 is 0. The van der Waals surface area contributed by atoms with Crippen molar-refractivity contribution in [3.05, 3.63) is 65.0 Å². The van der Waals surface area contributed by atoms with E-state index in [1.807, 2.05) is 42.0 Å². The monoisotopic (exact) mass is 353 g/mol. The molecule has 0 unspecified atom stereocenters. The summed E-state index contributed by atoms with van der Waals surface area (Å²) in [6, 6.07) is 7.54. The number of nitrogens with zero attached hydrogens (tertiary/aromatic N) is 5. The SMILES string of the molecule is Cc1ccc(Nc2ncnc(NCCCn3ccnc3)c2[N+](=O)[O-])cc1. The van der Waals surface area contributed by atoms with Gasteiger partial charge in [-0.2, -0.15) is 0 Å². The quantitative estimate of drug-likeness (QED) is 0.363. The van der Waals surface area contributed by atoms with Gasteiger partial charge in [0.1, 0.15) is 6.33 Å². The molecule has 1 aromatic carbocycles. The standard InChI is InChI=1S/C17H19N7O2/c1-13-3-5-14(6-4-13)22-17-15(24(25)26)16(20-11-21-17)19-7-2-9-23-10-8-18-12-23/h3-6,8,10-12H,2,7,9H2,1H3,(H2,19,20,21,22). The number of anilines is 3. The molecule has 0 aliphatic heterocycles. The first-order valence-corrected chi connectivity index (χ1v) is 8.16. The molecule has 0 radical (unpaired) electrons. The first-order valence-electron chi connectivity index (χ1n) is 8.16. The van der Waals surface area contributed by atoms with Crippen LogP contribution in [-0.4, -0.2) is 31.0 Å². The second-order valence-electron chi connectivity index (χ2n) is 5.75. The molecule has 0 spiro atoms. The summed E-state index contributed by atoms with van der Waals surface area (Å²) in [6.07, 6.45) is 7.40. The van der Waals surface area contributed by atoms with Crippen molar-refractivity contribution < 1.29 is 4.92 Å². The number of imidazole rings is 1. The van der Waals surface area contributed by atoms with Gasteiger partial charge in [0, 0.05) is 31.2 Å². The summed E-state index contributed by atoms with van der Waals surface area (Å²) < 4.78 is 1.94. The van der Waals surface area contributed by atoms with Gasteiger partial charge in [0.2, 0.25) is 11.6 Å². The predicted octanol–water partition coefficient (Wildman–Crippen LogP) is 3.14. The lowest BCUT2D eigenvalue weighted by molar-refractivity contribution is -0.383. The van der Waals surface area contributed by atoms with E-state index in [9.17, 15) is 10.1 Å². The molecule has 3 rings (SSSR count). The van der Waals surface area contributed by atoms with Crippen LogP contribution in [0.1, 0.15) is 12.0 Å². The van der Waals surface area contributed by atoms with Crippen LogP contribution in [0.25, 0.3) is 0 Å². The van der Waals surface area contributed by atoms with Crippen LogP contribution in [0.2, 0.25) is 0 Å². The van der Waals surface area contributed by atoms with E-state index in [0.29, 0.717) is 6.54 Å². The highest BCUT2D eigenvalue weighted by atomic mass is 16.6. The molecule has 134 valence electrons. The maximum absolute atomic E-state index is 11.5. The fraction of sp³-hybridized carbons (Fsp3) is 0.235. The van der Waals surface area contributed by atoms with Gasteiger partial charge >= 0.3 is 5.69 Å². The van der Waals surface area contributed by atoms with Crippen molar-refractivity contribution >= 4 is 23.0 Å². The summed E-state index contributed by atoms with van der Waals surface area (Å²) in [6.45, 7) is 3.28. The van der Waals surface area contributed by atoms with Crippen molar-refractivity contribution in [1.82, 2.24) is 19.5 Å². The first kappa shape index (κ1) is 17.3. The van der Waals surface area contributed by atoms with Crippen LogP contribution >= 0.6 is 0 Å². The highest BCUT2D eigenvalue weighted by Gasteiger charge is 2.22. The number of aromatic nitrogens is 4. The maximum Gasteiger partial charge on any atom is 0.353 e. The third-order valence-corrected chi connectivity index (χ3v) is 3.76. The Hall–Kier alpha value is -3.49. The Morgan fingerprint density at radius 2 is 1.96 bits per heavy atom. The molecule has 0 aliphatic rings. The summed E-state index contributed by atoms with van der Waals surface area (Å²) in [5.41, 5.74) is 1.66. The molecule has 2 aromatic heterocycles. The van der Waals surface area contributed by atoms with E-state index in [1.54, 1.807) is 12.5 Å². The highest BCUT2D eigenvalue weighted by Crippen LogP contribution is 2.31. The van der Waals surface area contributed by atoms with Gasteiger partial charge in [-0.05, 0) is 25.5 Å². The van der Waals surface area contributed by atoms with Gasteiger partial charge in [0.15, 0.2) is 0 Å². The molecule has 0 saturated heterocycles. The molecule has 26 heavy (non-hydrogen) atoms. The molecule has 0 aliphatic carbocycles. The molecular weight excluding hydrogens is 334 g/mol. The van der Waals surface area contributed by atoms with Gasteiger partial charge in [-0.15, -0.1) is 0 Å². The number of hydrogen-bond donors (Lipinski definition) is 2. The molecule has 0 atom stereocenters. The molecule has 2 N–H and O–H groups in total. The fourth-order valence-electron chi connectivity index (χ4n) is 2.43. The summed E-state index contributed by atoms with van der Waals surface area (Å²) in [5, 5.41) is 17.6. The third-order valence-electron chi connectivity index (χ3n) is 3.76. The Bertz CT molecular complexity index is 863. The van der Waals surface area contributed by atoms with Crippen LogP contribution in [0.3, 0.4) is 0 Å². The Balaban J connectivity index is 1.70. The fourth-order valence-corrected chi connectivity index (χ4v) is 2.43. The average molecular weight is 353 g/mol. The van der Waals surface area contributed by atoms with Crippen LogP contribution in [0.5, 0.6) is 0 Å². The lowest BCUT2D eigenvalue weighted by Gasteiger charge is -2.10. The zero-order valence-electron chi connectivity index (χ0n) is 14.3. The van der Waals surface area contributed by atoms with Crippen molar-refractivity contribution in [1.29, 1.82) is 0 Å². The van der Waals surface area contributed by atoms with Crippen LogP contribution in [0.4, 0.5) is 23.0 Å². The molecule has 2 heterocycles. The third kappa shape index (κ3) is 4.32. The van der Waals surface area contributed by atoms with Gasteiger partial charge in [0.05, 0.1) is 11.3 Å². The minimum absolute atomic E-state index is 0.158. The molecular formula is C17H19N7O2. The van der Waals surface area contributed by atoms with Crippen LogP contribution in [0, 0.1) is 17.0 Å². The lowest BCUT2D eigenvalue weighted by Crippen LogP contribution is -2.10. The normalized spacial score (nSPS) is 10.5. The summed E-state index contributed by atoms with van der Waals surface area (Å²) in [4.78, 5) is 23.1. The lowest BCUT2D eigenvalue weighted by atomic mass is 10.2. The zero-order valence-corrected chi connectivity index (χ0v) is 14.3. The predicted molar refractivity (Wildman–Crippen MR) is 98.5 cm³/mol. The van der Waals surface area contributed by atoms with Crippen molar-refractivity contribution in [3.63, 3.8) is 0 Å². The van der Waals surface area contributed by atoms with Crippen LogP contribution in [0.15, 0.2) is 49.3 Å². The maximum atomic E-state index is 11.5. The molecule has 0 fully saturated rings. The number of rotatable bonds is 8. The molecule has 9 nitrogen and oxygen atoms in total. The topological polar surface area (TPSA) is 111 Å². The van der Waals surface area contributed by atoms with E-state index in [0.717, 1.165) is 24.2 Å². The van der Waals surface area contributed by atoms with E-state index < -0.39 is 4.92 Å². The number of hydrogen-bond acceptors (Lipinski definition) is 7. The smallest absolute Gasteiger partial charge is 0.353 e. The second-order valence-corrected chi connectivity index (χ2v) is 5.75. The van der Waals surface area contributed by atoms with E-state index >= 15 is 0 Å². The van der Waals surface area contributed by atoms with E-state index in [1.165, 1.54) is 6.33 Å². The number of nitrogens with one attached hydrogen (secondary N) is 2. The molecule has 0 amide bonds. The van der Waals surface area contributed by atoms with Gasteiger partial charge in [-0.25, -0.2) is 15.0 Å². The molecule has 0 saturated carbocycles. The van der Waals surface area contributed by atoms with Crippen molar-refractivity contribution in [2.75, 3.05) is 17.2 Å². The molecule has 0 bridgehead atoms. The highest BCUT2D eigenvalue weighted by molar-refractivity contribution is 5.73. The Labute approximate surface area is 150 Å². The summed E-state index contributed by atoms with van der Waals surface area (Å²) in [7, 11) is 0. The minimum atomic E-state index is -0.477. The van der Waals surface area contributed by atoms with E-state index in [4.69, 9.17) is 0 Å². The minimum Gasteiger partial charge on any atom is -0.364 e. The van der Waals surface area contributed by atoms with E-state index in [-0.39, 0.29) is 17.3 Å².